The number of amides is 2. The zero-order valence-electron chi connectivity index (χ0n) is 18.6. The zero-order chi connectivity index (χ0) is 24.1. The number of benzene rings is 2. The number of hydrogen-bond acceptors (Lipinski definition) is 12. The maximum absolute atomic E-state index is 13.3. The molecule has 2 amide bonds. The van der Waals surface area contributed by atoms with Crippen LogP contribution in [0.3, 0.4) is 0 Å². The summed E-state index contributed by atoms with van der Waals surface area (Å²) in [5, 5.41) is 13.4. The number of methoxy groups -OCH3 is 2. The lowest BCUT2D eigenvalue weighted by atomic mass is 10.1. The van der Waals surface area contributed by atoms with Crippen molar-refractivity contribution in [1.29, 1.82) is 0 Å². The van der Waals surface area contributed by atoms with Crippen LogP contribution >= 0.6 is 0 Å². The predicted molar refractivity (Wildman–Crippen MR) is 116 cm³/mol. The van der Waals surface area contributed by atoms with Gasteiger partial charge in [0.15, 0.2) is 35.1 Å². The van der Waals surface area contributed by atoms with E-state index in [1.165, 1.54) is 19.2 Å². The number of aromatic nitrogens is 2. The first kappa shape index (κ1) is 20.9. The smallest absolute Gasteiger partial charge is 0.263 e. The molecule has 35 heavy (non-hydrogen) atoms. The molecular formula is C22H18N6O7. The summed E-state index contributed by atoms with van der Waals surface area (Å²) in [7, 11) is 2.98. The van der Waals surface area contributed by atoms with Crippen LogP contribution in [0, 0.1) is 0 Å². The summed E-state index contributed by atoms with van der Waals surface area (Å²) in [6, 6.07) is 8.21. The average Bonchev–Trinajstić information content (AvgIpc) is 3.66. The van der Waals surface area contributed by atoms with Crippen LogP contribution in [0.2, 0.25) is 0 Å². The van der Waals surface area contributed by atoms with Crippen LogP contribution in [-0.2, 0) is 16.1 Å². The first-order chi connectivity index (χ1) is 17.1. The van der Waals surface area contributed by atoms with Crippen LogP contribution in [-0.4, -0.2) is 60.1 Å². The Morgan fingerprint density at radius 3 is 2.66 bits per heavy atom. The Kier molecular flexibility index (Phi) is 4.76. The van der Waals surface area contributed by atoms with E-state index in [0.29, 0.717) is 40.1 Å². The number of nitrogens with zero attached hydrogens (tertiary/aromatic N) is 6. The van der Waals surface area contributed by atoms with Gasteiger partial charge in [-0.15, -0.1) is 0 Å². The van der Waals surface area contributed by atoms with Gasteiger partial charge in [-0.2, -0.15) is 10.1 Å². The van der Waals surface area contributed by atoms with Gasteiger partial charge in [-0.05, 0) is 30.3 Å². The van der Waals surface area contributed by atoms with Gasteiger partial charge in [-0.1, -0.05) is 10.4 Å². The normalized spacial score (nSPS) is 20.1. The Hall–Kier alpha value is -4.68. The quantitative estimate of drug-likeness (QED) is 0.483. The van der Waals surface area contributed by atoms with Gasteiger partial charge in [-0.3, -0.25) is 14.6 Å². The molecule has 0 N–H and O–H groups in total. The predicted octanol–water partition coefficient (Wildman–Crippen LogP) is 1.98. The summed E-state index contributed by atoms with van der Waals surface area (Å²) in [5.41, 5.74) is 1.03. The number of anilines is 1. The van der Waals surface area contributed by atoms with E-state index in [1.54, 1.807) is 36.4 Å². The average molecular weight is 478 g/mol. The van der Waals surface area contributed by atoms with Crippen molar-refractivity contribution in [1.82, 2.24) is 15.1 Å². The zero-order valence-corrected chi connectivity index (χ0v) is 18.6. The first-order valence-electron chi connectivity index (χ1n) is 10.6. The van der Waals surface area contributed by atoms with Gasteiger partial charge >= 0.3 is 0 Å². The topological polar surface area (TPSA) is 141 Å². The molecule has 0 bridgehead atoms. The minimum absolute atomic E-state index is 0.00100. The summed E-state index contributed by atoms with van der Waals surface area (Å²) in [5.74, 6) is 1.71. The SMILES string of the molecule is COc1ccc(N2C(=O)[C@H]3N=NN(Cc4nc(-c5ccc6c(c5)OCO6)no4)[C@@H]3C2=O)cc1OC. The minimum Gasteiger partial charge on any atom is -0.493 e. The molecule has 2 atom stereocenters. The number of hydrogen-bond donors (Lipinski definition) is 0. The lowest BCUT2D eigenvalue weighted by Crippen LogP contribution is -2.39. The van der Waals surface area contributed by atoms with E-state index in [1.807, 2.05) is 0 Å². The van der Waals surface area contributed by atoms with Gasteiger partial charge in [0.05, 0.1) is 19.9 Å². The van der Waals surface area contributed by atoms with Gasteiger partial charge in [0, 0.05) is 11.6 Å². The Bertz CT molecular complexity index is 1370. The van der Waals surface area contributed by atoms with Crippen LogP contribution in [0.4, 0.5) is 5.69 Å². The third-order valence-electron chi connectivity index (χ3n) is 5.88. The molecule has 13 nitrogen and oxygen atoms in total. The molecule has 0 aliphatic carbocycles. The van der Waals surface area contributed by atoms with Gasteiger partial charge in [0.2, 0.25) is 18.5 Å². The van der Waals surface area contributed by atoms with E-state index >= 15 is 0 Å². The first-order valence-corrected chi connectivity index (χ1v) is 10.6. The molecule has 13 heteroatoms. The van der Waals surface area contributed by atoms with Crippen LogP contribution in [0.25, 0.3) is 11.4 Å². The molecule has 0 saturated carbocycles. The molecule has 0 radical (unpaired) electrons. The molecule has 3 aliphatic heterocycles. The standard InChI is InChI=1S/C22H18N6O7/c1-31-13-6-4-12(8-15(13)32-2)28-21(29)18-19(22(28)30)27(26-24-18)9-17-23-20(25-35-17)11-3-5-14-16(7-11)34-10-33-14/h3-8,18-19H,9-10H2,1-2H3/t18-,19-/m0/s1. The maximum atomic E-state index is 13.3. The van der Waals surface area contributed by atoms with Crippen molar-refractivity contribution in [2.24, 2.45) is 10.3 Å². The van der Waals surface area contributed by atoms with E-state index in [4.69, 9.17) is 23.5 Å². The number of carbonyl (C=O) groups excluding carboxylic acids is 2. The summed E-state index contributed by atoms with van der Waals surface area (Å²) in [6.07, 6.45) is 0. The lowest BCUT2D eigenvalue weighted by molar-refractivity contribution is -0.123. The third kappa shape index (κ3) is 3.31. The van der Waals surface area contributed by atoms with Crippen molar-refractivity contribution in [3.05, 3.63) is 42.3 Å². The Morgan fingerprint density at radius 1 is 1.00 bits per heavy atom. The Labute approximate surface area is 197 Å². The van der Waals surface area contributed by atoms with Crippen molar-refractivity contribution in [3.8, 4) is 34.4 Å². The lowest BCUT2D eigenvalue weighted by Gasteiger charge is -2.20. The Morgan fingerprint density at radius 2 is 1.83 bits per heavy atom. The van der Waals surface area contributed by atoms with Crippen LogP contribution in [0.15, 0.2) is 51.3 Å². The second-order valence-electron chi connectivity index (χ2n) is 7.82. The van der Waals surface area contributed by atoms with Gasteiger partial charge in [-0.25, -0.2) is 4.90 Å². The highest BCUT2D eigenvalue weighted by atomic mass is 16.7. The number of fused-ring (bicyclic) bond motifs is 2. The molecule has 1 fully saturated rings. The monoisotopic (exact) mass is 478 g/mol. The molecule has 4 heterocycles. The van der Waals surface area contributed by atoms with E-state index in [0.717, 1.165) is 4.90 Å². The van der Waals surface area contributed by atoms with Crippen molar-refractivity contribution < 1.29 is 33.1 Å². The number of ether oxygens (including phenoxy) is 4. The summed E-state index contributed by atoms with van der Waals surface area (Å²) in [6.45, 7) is 0.160. The number of rotatable bonds is 6. The molecule has 0 spiro atoms. The number of carbonyl (C=O) groups is 2. The molecule has 178 valence electrons. The second-order valence-corrected chi connectivity index (χ2v) is 7.82. The fraction of sp³-hybridized carbons (Fsp3) is 0.273. The summed E-state index contributed by atoms with van der Waals surface area (Å²) >= 11 is 0. The highest BCUT2D eigenvalue weighted by Crippen LogP contribution is 2.38. The molecule has 3 aromatic rings. The molecule has 0 unspecified atom stereocenters. The fourth-order valence-electron chi connectivity index (χ4n) is 4.18. The Balaban J connectivity index is 1.22. The van der Waals surface area contributed by atoms with E-state index in [-0.39, 0.29) is 19.2 Å². The highest BCUT2D eigenvalue weighted by molar-refractivity contribution is 6.25. The molecule has 2 aromatic carbocycles. The third-order valence-corrected chi connectivity index (χ3v) is 5.88. The highest BCUT2D eigenvalue weighted by Gasteiger charge is 2.55. The van der Waals surface area contributed by atoms with E-state index in [9.17, 15) is 9.59 Å². The summed E-state index contributed by atoms with van der Waals surface area (Å²) in [4.78, 5) is 31.7. The number of imide groups is 1. The van der Waals surface area contributed by atoms with E-state index < -0.39 is 23.9 Å². The van der Waals surface area contributed by atoms with Gasteiger partial charge in [0.25, 0.3) is 11.8 Å². The largest absolute Gasteiger partial charge is 0.493 e. The van der Waals surface area contributed by atoms with Crippen molar-refractivity contribution >= 4 is 17.5 Å². The fourth-order valence-corrected chi connectivity index (χ4v) is 4.18. The second kappa shape index (κ2) is 7.97. The van der Waals surface area contributed by atoms with Crippen molar-refractivity contribution in [2.45, 2.75) is 18.6 Å². The van der Waals surface area contributed by atoms with Crippen LogP contribution < -0.4 is 23.8 Å². The van der Waals surface area contributed by atoms with Crippen LogP contribution in [0.1, 0.15) is 5.89 Å². The van der Waals surface area contributed by atoms with Gasteiger partial charge in [0.1, 0.15) is 6.54 Å². The van der Waals surface area contributed by atoms with E-state index in [2.05, 4.69) is 20.5 Å². The molecule has 3 aliphatic rings. The maximum Gasteiger partial charge on any atom is 0.263 e. The molecule has 1 saturated heterocycles. The molecular weight excluding hydrogens is 460 g/mol. The molecule has 1 aromatic heterocycles. The minimum atomic E-state index is -0.966. The van der Waals surface area contributed by atoms with Crippen molar-refractivity contribution in [3.63, 3.8) is 0 Å². The van der Waals surface area contributed by atoms with Gasteiger partial charge < -0.3 is 23.5 Å². The summed E-state index contributed by atoms with van der Waals surface area (Å²) < 4.78 is 26.6. The molecule has 6 rings (SSSR count). The van der Waals surface area contributed by atoms with Crippen molar-refractivity contribution in [2.75, 3.05) is 25.9 Å². The van der Waals surface area contributed by atoms with Crippen LogP contribution in [0.5, 0.6) is 23.0 Å².